The van der Waals surface area contributed by atoms with Crippen molar-refractivity contribution < 1.29 is 27.1 Å². The molecule has 0 unspecified atom stereocenters. The van der Waals surface area contributed by atoms with Gasteiger partial charge < -0.3 is 19.7 Å². The molecule has 29 heavy (non-hydrogen) atoms. The number of benzene rings is 1. The van der Waals surface area contributed by atoms with Crippen LogP contribution in [0.25, 0.3) is 0 Å². The topological polar surface area (TPSA) is 91.4 Å². The maximum absolute atomic E-state index is 14.7. The molecular formula is C17H23FN4O5S2. The summed E-state index contributed by atoms with van der Waals surface area (Å²) in [6.45, 7) is 1.93. The minimum atomic E-state index is -3.25. The number of cyclic esters (lactones) is 1. The quantitative estimate of drug-likeness (QED) is 0.663. The average molecular weight is 447 g/mol. The monoisotopic (exact) mass is 446 g/mol. The maximum Gasteiger partial charge on any atom is 0.414 e. The molecule has 2 aliphatic heterocycles. The molecule has 2 heterocycles. The molecule has 1 atom stereocenters. The van der Waals surface area contributed by atoms with Gasteiger partial charge in [-0.1, -0.05) is 0 Å². The number of sulfonamides is 1. The molecule has 160 valence electrons. The molecule has 0 saturated carbocycles. The van der Waals surface area contributed by atoms with Crippen LogP contribution in [0.3, 0.4) is 0 Å². The molecule has 9 nitrogen and oxygen atoms in total. The molecule has 0 spiro atoms. The third-order valence-corrected chi connectivity index (χ3v) is 6.44. The number of anilines is 2. The Labute approximate surface area is 174 Å². The predicted molar refractivity (Wildman–Crippen MR) is 110 cm³/mol. The summed E-state index contributed by atoms with van der Waals surface area (Å²) in [5.41, 5.74) is 0.765. The van der Waals surface area contributed by atoms with Gasteiger partial charge in [-0.25, -0.2) is 17.6 Å². The van der Waals surface area contributed by atoms with Gasteiger partial charge in [0, 0.05) is 26.2 Å². The number of hydrogen-bond acceptors (Lipinski definition) is 7. The fourth-order valence-corrected chi connectivity index (χ4v) is 4.20. The van der Waals surface area contributed by atoms with Crippen molar-refractivity contribution in [2.24, 2.45) is 0 Å². The van der Waals surface area contributed by atoms with Crippen molar-refractivity contribution in [3.8, 4) is 0 Å². The van der Waals surface area contributed by atoms with Crippen molar-refractivity contribution in [2.75, 3.05) is 62.4 Å². The number of halogens is 1. The molecule has 2 aliphatic rings. The highest BCUT2D eigenvalue weighted by Crippen LogP contribution is 2.28. The number of thiocarbonyl (C=S) groups is 1. The number of hydrogen-bond donors (Lipinski definition) is 1. The highest BCUT2D eigenvalue weighted by Gasteiger charge is 2.33. The standard InChI is InChI=1S/C17H23FN4O5S2/c1-26-16(28)19-10-13-11-22(17(23)27-13)12-3-4-15(14(18)9-12)20-5-7-21(8-6-20)29(2,24)25/h3-4,9,13H,5-8,10-11H2,1-2H3,(H,19,28)/t13-/m0/s1. The first kappa shape index (κ1) is 21.5. The van der Waals surface area contributed by atoms with Gasteiger partial charge in [-0.05, 0) is 30.4 Å². The van der Waals surface area contributed by atoms with E-state index in [4.69, 9.17) is 21.7 Å². The lowest BCUT2D eigenvalue weighted by Crippen LogP contribution is -2.48. The summed E-state index contributed by atoms with van der Waals surface area (Å²) < 4.78 is 49.4. The molecule has 2 saturated heterocycles. The smallest absolute Gasteiger partial charge is 0.414 e. The van der Waals surface area contributed by atoms with Gasteiger partial charge in [-0.2, -0.15) is 4.31 Å². The van der Waals surface area contributed by atoms with Gasteiger partial charge >= 0.3 is 6.09 Å². The zero-order valence-electron chi connectivity index (χ0n) is 16.1. The van der Waals surface area contributed by atoms with Gasteiger partial charge in [-0.3, -0.25) is 4.90 Å². The fourth-order valence-electron chi connectivity index (χ4n) is 3.29. The second-order valence-electron chi connectivity index (χ2n) is 6.77. The minimum Gasteiger partial charge on any atom is -0.474 e. The summed E-state index contributed by atoms with van der Waals surface area (Å²) in [5, 5.41) is 3.02. The lowest BCUT2D eigenvalue weighted by molar-refractivity contribution is 0.142. The van der Waals surface area contributed by atoms with E-state index in [2.05, 4.69) is 5.32 Å². The number of nitrogens with zero attached hydrogens (tertiary/aromatic N) is 3. The van der Waals surface area contributed by atoms with Crippen molar-refractivity contribution in [3.63, 3.8) is 0 Å². The van der Waals surface area contributed by atoms with E-state index in [0.717, 1.165) is 0 Å². The zero-order valence-corrected chi connectivity index (χ0v) is 17.8. The lowest BCUT2D eigenvalue weighted by Gasteiger charge is -2.35. The molecule has 3 rings (SSSR count). The Morgan fingerprint density at radius 1 is 1.34 bits per heavy atom. The van der Waals surface area contributed by atoms with E-state index in [9.17, 15) is 17.6 Å². The van der Waals surface area contributed by atoms with Crippen molar-refractivity contribution in [1.29, 1.82) is 0 Å². The summed E-state index contributed by atoms with van der Waals surface area (Å²) in [5.74, 6) is -0.481. The number of piperazine rings is 1. The molecule has 0 bridgehead atoms. The minimum absolute atomic E-state index is 0.200. The molecule has 1 aromatic carbocycles. The molecule has 12 heteroatoms. The van der Waals surface area contributed by atoms with Crippen molar-refractivity contribution in [1.82, 2.24) is 9.62 Å². The van der Waals surface area contributed by atoms with Crippen LogP contribution in [0.2, 0.25) is 0 Å². The van der Waals surface area contributed by atoms with Gasteiger partial charge in [0.2, 0.25) is 10.0 Å². The number of carbonyl (C=O) groups excluding carboxylic acids is 1. The van der Waals surface area contributed by atoms with Crippen LogP contribution < -0.4 is 15.1 Å². The van der Waals surface area contributed by atoms with Crippen LogP contribution in [0, 0.1) is 5.82 Å². The van der Waals surface area contributed by atoms with E-state index in [0.29, 0.717) is 44.1 Å². The third-order valence-electron chi connectivity index (χ3n) is 4.82. The van der Waals surface area contributed by atoms with Crippen LogP contribution in [0.15, 0.2) is 18.2 Å². The molecular weight excluding hydrogens is 423 g/mol. The Morgan fingerprint density at radius 3 is 2.62 bits per heavy atom. The van der Waals surface area contributed by atoms with Crippen LogP contribution in [0.1, 0.15) is 0 Å². The molecule has 0 aliphatic carbocycles. The van der Waals surface area contributed by atoms with Crippen LogP contribution in [-0.4, -0.2) is 82.7 Å². The first-order chi connectivity index (χ1) is 13.7. The first-order valence-corrected chi connectivity index (χ1v) is 11.2. The molecule has 0 aromatic heterocycles. The van der Waals surface area contributed by atoms with Gasteiger partial charge in [-0.15, -0.1) is 0 Å². The fraction of sp³-hybridized carbons (Fsp3) is 0.529. The Bertz CT molecular complexity index is 890. The SMILES string of the molecule is COC(=S)NC[C@H]1CN(c2ccc(N3CCN(S(C)(=O)=O)CC3)c(F)c2)C(=O)O1. The number of methoxy groups -OCH3 is 1. The summed E-state index contributed by atoms with van der Waals surface area (Å²) in [6, 6.07) is 4.53. The Kier molecular flexibility index (Phi) is 6.44. The van der Waals surface area contributed by atoms with Gasteiger partial charge in [0.15, 0.2) is 0 Å². The molecule has 1 amide bonds. The number of rotatable bonds is 5. The Hall–Kier alpha value is -2.18. The second-order valence-corrected chi connectivity index (χ2v) is 9.13. The largest absolute Gasteiger partial charge is 0.474 e. The normalized spacial score (nSPS) is 20.5. The molecule has 2 fully saturated rings. The summed E-state index contributed by atoms with van der Waals surface area (Å²) >= 11 is 4.89. The molecule has 1 aromatic rings. The predicted octanol–water partition coefficient (Wildman–Crippen LogP) is 0.753. The van der Waals surface area contributed by atoms with E-state index >= 15 is 0 Å². The van der Waals surface area contributed by atoms with Gasteiger partial charge in [0.05, 0.1) is 37.8 Å². The highest BCUT2D eigenvalue weighted by atomic mass is 32.2. The third kappa shape index (κ3) is 5.06. The first-order valence-electron chi connectivity index (χ1n) is 8.98. The number of ether oxygens (including phenoxy) is 2. The van der Waals surface area contributed by atoms with Gasteiger partial charge in [0.1, 0.15) is 11.9 Å². The Balaban J connectivity index is 1.64. The van der Waals surface area contributed by atoms with Crippen LogP contribution in [-0.2, 0) is 19.5 Å². The molecule has 1 N–H and O–H groups in total. The summed E-state index contributed by atoms with van der Waals surface area (Å²) in [7, 11) is -1.81. The Morgan fingerprint density at radius 2 is 2.03 bits per heavy atom. The van der Waals surface area contributed by atoms with E-state index in [1.165, 1.54) is 28.6 Å². The van der Waals surface area contributed by atoms with E-state index in [-0.39, 0.29) is 11.7 Å². The van der Waals surface area contributed by atoms with Crippen LogP contribution in [0.5, 0.6) is 0 Å². The van der Waals surface area contributed by atoms with E-state index < -0.39 is 28.0 Å². The molecule has 0 radical (unpaired) electrons. The van der Waals surface area contributed by atoms with Gasteiger partial charge in [0.25, 0.3) is 5.17 Å². The average Bonchev–Trinajstić information content (AvgIpc) is 3.06. The lowest BCUT2D eigenvalue weighted by atomic mass is 10.2. The summed E-state index contributed by atoms with van der Waals surface area (Å²) in [4.78, 5) is 15.3. The van der Waals surface area contributed by atoms with E-state index in [1.54, 1.807) is 17.0 Å². The number of carbonyl (C=O) groups is 1. The van der Waals surface area contributed by atoms with Crippen molar-refractivity contribution in [3.05, 3.63) is 24.0 Å². The van der Waals surface area contributed by atoms with Crippen molar-refractivity contribution in [2.45, 2.75) is 6.10 Å². The van der Waals surface area contributed by atoms with Crippen molar-refractivity contribution >= 4 is 44.9 Å². The van der Waals surface area contributed by atoms with Crippen LogP contribution >= 0.6 is 12.2 Å². The van der Waals surface area contributed by atoms with E-state index in [1.807, 2.05) is 0 Å². The second kappa shape index (κ2) is 8.67. The highest BCUT2D eigenvalue weighted by molar-refractivity contribution is 7.88. The number of amides is 1. The zero-order chi connectivity index (χ0) is 21.2. The van der Waals surface area contributed by atoms with Crippen LogP contribution in [0.4, 0.5) is 20.6 Å². The maximum atomic E-state index is 14.7. The number of nitrogens with one attached hydrogen (secondary N) is 1. The summed E-state index contributed by atoms with van der Waals surface area (Å²) in [6.07, 6.45) is 0.162.